The Bertz CT molecular complexity index is 1230. The molecule has 0 saturated carbocycles. The summed E-state index contributed by atoms with van der Waals surface area (Å²) in [7, 11) is 6.10. The predicted octanol–water partition coefficient (Wildman–Crippen LogP) is 4.68. The monoisotopic (exact) mass is 424 g/mol. The van der Waals surface area contributed by atoms with Crippen LogP contribution in [0.2, 0.25) is 0 Å². The third-order valence-corrected chi connectivity index (χ3v) is 5.16. The van der Waals surface area contributed by atoms with Crippen molar-refractivity contribution in [1.82, 2.24) is 0 Å². The van der Waals surface area contributed by atoms with Crippen molar-refractivity contribution in [2.24, 2.45) is 0 Å². The number of ether oxygens (including phenoxy) is 5. The molecular formula is C24H24O7. The van der Waals surface area contributed by atoms with E-state index in [9.17, 15) is 4.79 Å². The average molecular weight is 424 g/mol. The van der Waals surface area contributed by atoms with Crippen LogP contribution in [-0.2, 0) is 0 Å². The van der Waals surface area contributed by atoms with Gasteiger partial charge in [0.25, 0.3) is 0 Å². The summed E-state index contributed by atoms with van der Waals surface area (Å²) in [5, 5.41) is 0.352. The quantitative estimate of drug-likeness (QED) is 0.589. The van der Waals surface area contributed by atoms with E-state index in [2.05, 4.69) is 0 Å². The van der Waals surface area contributed by atoms with Crippen molar-refractivity contribution < 1.29 is 28.1 Å². The summed E-state index contributed by atoms with van der Waals surface area (Å²) in [6.07, 6.45) is 3.83. The van der Waals surface area contributed by atoms with Gasteiger partial charge in [0.05, 0.1) is 34.0 Å². The molecule has 0 fully saturated rings. The van der Waals surface area contributed by atoms with Crippen molar-refractivity contribution in [3.8, 4) is 40.1 Å². The van der Waals surface area contributed by atoms with Crippen LogP contribution in [0.3, 0.4) is 0 Å². The number of hydrogen-bond acceptors (Lipinski definition) is 7. The lowest BCUT2D eigenvalue weighted by Gasteiger charge is -2.28. The van der Waals surface area contributed by atoms with Crippen LogP contribution in [0.4, 0.5) is 0 Å². The van der Waals surface area contributed by atoms with E-state index in [-0.39, 0.29) is 5.43 Å². The fourth-order valence-corrected chi connectivity index (χ4v) is 3.67. The Kier molecular flexibility index (Phi) is 5.05. The Morgan fingerprint density at radius 2 is 1.48 bits per heavy atom. The zero-order valence-electron chi connectivity index (χ0n) is 18.3. The first-order valence-electron chi connectivity index (χ1n) is 9.69. The van der Waals surface area contributed by atoms with Crippen molar-refractivity contribution in [1.29, 1.82) is 0 Å². The van der Waals surface area contributed by atoms with Crippen LogP contribution in [0.15, 0.2) is 39.6 Å². The average Bonchev–Trinajstić information content (AvgIpc) is 2.76. The Labute approximate surface area is 179 Å². The van der Waals surface area contributed by atoms with Crippen molar-refractivity contribution in [3.05, 3.63) is 46.1 Å². The molecule has 162 valence electrons. The summed E-state index contributed by atoms with van der Waals surface area (Å²) < 4.78 is 34.0. The molecule has 1 aromatic heterocycles. The molecule has 0 spiro atoms. The standard InChI is InChI=1S/C24H24O7/c1-24(2)8-7-14-17(31-24)12-18(26-3)21-15(25)11-16(30-22(14)21)13-9-19(27-4)23(29-6)20(10-13)28-5/h7-12H,1-6H3. The molecule has 0 saturated heterocycles. The van der Waals surface area contributed by atoms with Gasteiger partial charge < -0.3 is 28.1 Å². The normalized spacial score (nSPS) is 14.0. The summed E-state index contributed by atoms with van der Waals surface area (Å²) >= 11 is 0. The third kappa shape index (κ3) is 3.46. The van der Waals surface area contributed by atoms with E-state index in [1.165, 1.54) is 34.5 Å². The molecule has 0 N–H and O–H groups in total. The van der Waals surface area contributed by atoms with Crippen LogP contribution < -0.4 is 29.1 Å². The molecule has 0 radical (unpaired) electrons. The zero-order valence-corrected chi connectivity index (χ0v) is 18.3. The summed E-state index contributed by atoms with van der Waals surface area (Å²) in [5.41, 5.74) is 0.952. The second-order valence-electron chi connectivity index (χ2n) is 7.62. The lowest BCUT2D eigenvalue weighted by molar-refractivity contribution is 0.158. The Morgan fingerprint density at radius 3 is 2.06 bits per heavy atom. The summed E-state index contributed by atoms with van der Waals surface area (Å²) in [6.45, 7) is 3.90. The van der Waals surface area contributed by atoms with Crippen LogP contribution >= 0.6 is 0 Å². The third-order valence-electron chi connectivity index (χ3n) is 5.16. The summed E-state index contributed by atoms with van der Waals surface area (Å²) in [5.74, 6) is 2.70. The zero-order chi connectivity index (χ0) is 22.3. The highest BCUT2D eigenvalue weighted by atomic mass is 16.5. The fourth-order valence-electron chi connectivity index (χ4n) is 3.67. The molecule has 7 nitrogen and oxygen atoms in total. The highest BCUT2D eigenvalue weighted by molar-refractivity contribution is 5.94. The molecule has 0 unspecified atom stereocenters. The Morgan fingerprint density at radius 1 is 0.839 bits per heavy atom. The van der Waals surface area contributed by atoms with Gasteiger partial charge in [-0.1, -0.05) is 0 Å². The maximum atomic E-state index is 13.1. The number of hydrogen-bond donors (Lipinski definition) is 0. The van der Waals surface area contributed by atoms with Crippen LogP contribution in [0.5, 0.6) is 28.7 Å². The first-order chi connectivity index (χ1) is 14.8. The van der Waals surface area contributed by atoms with Crippen LogP contribution in [0, 0.1) is 0 Å². The first-order valence-corrected chi connectivity index (χ1v) is 9.69. The van der Waals surface area contributed by atoms with Gasteiger partial charge >= 0.3 is 0 Å². The molecule has 7 heteroatoms. The largest absolute Gasteiger partial charge is 0.496 e. The molecule has 1 aliphatic heterocycles. The van der Waals surface area contributed by atoms with Crippen molar-refractivity contribution in [2.45, 2.75) is 19.4 Å². The molecule has 0 bridgehead atoms. The Hall–Kier alpha value is -3.61. The topological polar surface area (TPSA) is 76.4 Å². The number of benzene rings is 2. The minimum Gasteiger partial charge on any atom is -0.496 e. The van der Waals surface area contributed by atoms with Gasteiger partial charge in [-0.25, -0.2) is 0 Å². The van der Waals surface area contributed by atoms with Crippen LogP contribution in [0.25, 0.3) is 28.4 Å². The molecule has 4 rings (SSSR count). The lowest BCUT2D eigenvalue weighted by atomic mass is 9.99. The number of methoxy groups -OCH3 is 4. The maximum Gasteiger partial charge on any atom is 0.203 e. The molecule has 3 aromatic rings. The van der Waals surface area contributed by atoms with Crippen molar-refractivity contribution in [3.63, 3.8) is 0 Å². The molecular weight excluding hydrogens is 400 g/mol. The van der Waals surface area contributed by atoms with Gasteiger partial charge in [0.15, 0.2) is 22.5 Å². The highest BCUT2D eigenvalue weighted by Crippen LogP contribution is 2.44. The second kappa shape index (κ2) is 7.58. The number of rotatable bonds is 5. The van der Waals surface area contributed by atoms with Gasteiger partial charge in [0, 0.05) is 17.7 Å². The van der Waals surface area contributed by atoms with E-state index in [4.69, 9.17) is 28.1 Å². The van der Waals surface area contributed by atoms with Crippen molar-refractivity contribution in [2.75, 3.05) is 28.4 Å². The van der Waals surface area contributed by atoms with E-state index in [1.807, 2.05) is 26.0 Å². The van der Waals surface area contributed by atoms with Gasteiger partial charge in [0.1, 0.15) is 28.2 Å². The van der Waals surface area contributed by atoms with Gasteiger partial charge in [-0.2, -0.15) is 0 Å². The fraction of sp³-hybridized carbons (Fsp3) is 0.292. The van der Waals surface area contributed by atoms with Gasteiger partial charge in [-0.3, -0.25) is 4.79 Å². The van der Waals surface area contributed by atoms with Crippen LogP contribution in [-0.4, -0.2) is 34.0 Å². The number of fused-ring (bicyclic) bond motifs is 3. The molecule has 0 amide bonds. The molecule has 31 heavy (non-hydrogen) atoms. The van der Waals surface area contributed by atoms with Crippen molar-refractivity contribution >= 4 is 17.0 Å². The lowest BCUT2D eigenvalue weighted by Crippen LogP contribution is -2.27. The molecule has 2 heterocycles. The predicted molar refractivity (Wildman–Crippen MR) is 118 cm³/mol. The highest BCUT2D eigenvalue weighted by Gasteiger charge is 2.27. The molecule has 2 aromatic carbocycles. The van der Waals surface area contributed by atoms with Gasteiger partial charge in [-0.05, 0) is 38.1 Å². The van der Waals surface area contributed by atoms with E-state index in [0.717, 1.165) is 0 Å². The maximum absolute atomic E-state index is 13.1. The first kappa shape index (κ1) is 20.7. The van der Waals surface area contributed by atoms with Gasteiger partial charge in [0.2, 0.25) is 5.75 Å². The summed E-state index contributed by atoms with van der Waals surface area (Å²) in [6, 6.07) is 6.61. The SMILES string of the molecule is COc1cc(-c2cc(=O)c3c(OC)cc4c(c3o2)C=CC(C)(C)O4)cc(OC)c1OC. The minimum atomic E-state index is -0.486. The summed E-state index contributed by atoms with van der Waals surface area (Å²) in [4.78, 5) is 13.1. The second-order valence-corrected chi connectivity index (χ2v) is 7.62. The van der Waals surface area contributed by atoms with E-state index in [0.29, 0.717) is 56.6 Å². The molecule has 1 aliphatic rings. The molecule has 0 atom stereocenters. The van der Waals surface area contributed by atoms with E-state index < -0.39 is 5.60 Å². The van der Waals surface area contributed by atoms with E-state index >= 15 is 0 Å². The minimum absolute atomic E-state index is 0.233. The molecule has 0 aliphatic carbocycles. The van der Waals surface area contributed by atoms with E-state index in [1.54, 1.807) is 18.2 Å². The Balaban J connectivity index is 2.01. The van der Waals surface area contributed by atoms with Crippen LogP contribution in [0.1, 0.15) is 19.4 Å². The van der Waals surface area contributed by atoms with Gasteiger partial charge in [-0.15, -0.1) is 0 Å². The smallest absolute Gasteiger partial charge is 0.203 e.